The summed E-state index contributed by atoms with van der Waals surface area (Å²) < 4.78 is 10.8. The topological polar surface area (TPSA) is 30.5 Å². The predicted molar refractivity (Wildman–Crippen MR) is 82.9 cm³/mol. The van der Waals surface area contributed by atoms with E-state index in [1.165, 1.54) is 25.7 Å². The van der Waals surface area contributed by atoms with Crippen LogP contribution in [0.5, 0.6) is 11.5 Å². The Bertz CT molecular complexity index is 444. The standard InChI is InChI=1S/C16H24ClNO2/c1-18-13(10-11-6-4-5-7-11)12-8-9-14(19-2)15(17)16(12)20-3/h8-9,11,13,18H,4-7,10H2,1-3H3. The Hall–Kier alpha value is -0.930. The van der Waals surface area contributed by atoms with Crippen molar-refractivity contribution in [3.63, 3.8) is 0 Å². The van der Waals surface area contributed by atoms with Crippen molar-refractivity contribution in [2.45, 2.75) is 38.1 Å². The summed E-state index contributed by atoms with van der Waals surface area (Å²) in [6.45, 7) is 0. The molecule has 0 saturated heterocycles. The van der Waals surface area contributed by atoms with Gasteiger partial charge in [-0.2, -0.15) is 0 Å². The third-order valence-electron chi connectivity index (χ3n) is 4.28. The van der Waals surface area contributed by atoms with Crippen molar-refractivity contribution >= 4 is 11.6 Å². The molecule has 1 N–H and O–H groups in total. The third-order valence-corrected chi connectivity index (χ3v) is 4.64. The highest BCUT2D eigenvalue weighted by Gasteiger charge is 2.24. The zero-order chi connectivity index (χ0) is 14.5. The first-order valence-corrected chi connectivity index (χ1v) is 7.66. The summed E-state index contributed by atoms with van der Waals surface area (Å²) in [4.78, 5) is 0. The lowest BCUT2D eigenvalue weighted by Gasteiger charge is -2.23. The summed E-state index contributed by atoms with van der Waals surface area (Å²) in [5, 5.41) is 3.96. The molecule has 20 heavy (non-hydrogen) atoms. The Morgan fingerprint density at radius 1 is 1.25 bits per heavy atom. The molecule has 0 aliphatic heterocycles. The van der Waals surface area contributed by atoms with Crippen molar-refractivity contribution in [3.05, 3.63) is 22.7 Å². The van der Waals surface area contributed by atoms with Crippen LogP contribution in [0.4, 0.5) is 0 Å². The fraction of sp³-hybridized carbons (Fsp3) is 0.625. The highest BCUT2D eigenvalue weighted by Crippen LogP contribution is 2.42. The number of benzene rings is 1. The molecule has 0 bridgehead atoms. The number of halogens is 1. The molecule has 1 fully saturated rings. The van der Waals surface area contributed by atoms with Crippen LogP contribution in [0, 0.1) is 5.92 Å². The van der Waals surface area contributed by atoms with Gasteiger partial charge in [0.25, 0.3) is 0 Å². The number of ether oxygens (including phenoxy) is 2. The fourth-order valence-electron chi connectivity index (χ4n) is 3.17. The zero-order valence-corrected chi connectivity index (χ0v) is 13.3. The molecule has 0 heterocycles. The van der Waals surface area contributed by atoms with E-state index in [0.717, 1.165) is 23.7 Å². The molecule has 2 rings (SSSR count). The Kier molecular flexibility index (Phi) is 5.55. The first-order valence-electron chi connectivity index (χ1n) is 7.28. The van der Waals surface area contributed by atoms with Gasteiger partial charge in [-0.15, -0.1) is 0 Å². The highest BCUT2D eigenvalue weighted by atomic mass is 35.5. The molecule has 1 aromatic rings. The SMILES string of the molecule is CNC(CC1CCCC1)c1ccc(OC)c(Cl)c1OC. The van der Waals surface area contributed by atoms with Gasteiger partial charge in [0, 0.05) is 11.6 Å². The predicted octanol–water partition coefficient (Wildman–Crippen LogP) is 4.20. The van der Waals surface area contributed by atoms with Gasteiger partial charge in [-0.1, -0.05) is 37.3 Å². The van der Waals surface area contributed by atoms with E-state index in [0.29, 0.717) is 10.8 Å². The van der Waals surface area contributed by atoms with Gasteiger partial charge in [0.05, 0.1) is 14.2 Å². The normalized spacial score (nSPS) is 17.2. The van der Waals surface area contributed by atoms with Crippen LogP contribution in [0.3, 0.4) is 0 Å². The van der Waals surface area contributed by atoms with Crippen molar-refractivity contribution < 1.29 is 9.47 Å². The minimum Gasteiger partial charge on any atom is -0.495 e. The highest BCUT2D eigenvalue weighted by molar-refractivity contribution is 6.33. The van der Waals surface area contributed by atoms with Crippen molar-refractivity contribution in [3.8, 4) is 11.5 Å². The number of rotatable bonds is 6. The number of hydrogen-bond acceptors (Lipinski definition) is 3. The number of methoxy groups -OCH3 is 2. The summed E-state index contributed by atoms with van der Waals surface area (Å²) in [5.41, 5.74) is 1.12. The average Bonchev–Trinajstić information content (AvgIpc) is 2.97. The molecule has 1 unspecified atom stereocenters. The Balaban J connectivity index is 2.26. The molecule has 1 aromatic carbocycles. The van der Waals surface area contributed by atoms with Crippen LogP contribution in [0.25, 0.3) is 0 Å². The molecule has 1 atom stereocenters. The third kappa shape index (κ3) is 3.21. The van der Waals surface area contributed by atoms with E-state index < -0.39 is 0 Å². The van der Waals surface area contributed by atoms with E-state index in [1.807, 2.05) is 13.1 Å². The van der Waals surface area contributed by atoms with E-state index in [4.69, 9.17) is 21.1 Å². The van der Waals surface area contributed by atoms with Gasteiger partial charge in [0.15, 0.2) is 0 Å². The van der Waals surface area contributed by atoms with Crippen molar-refractivity contribution in [2.24, 2.45) is 5.92 Å². The summed E-state index contributed by atoms with van der Waals surface area (Å²) in [5.74, 6) is 2.18. The zero-order valence-electron chi connectivity index (χ0n) is 12.5. The fourth-order valence-corrected chi connectivity index (χ4v) is 3.50. The summed E-state index contributed by atoms with van der Waals surface area (Å²) >= 11 is 6.35. The molecule has 0 radical (unpaired) electrons. The summed E-state index contributed by atoms with van der Waals surface area (Å²) in [6, 6.07) is 4.25. The quantitative estimate of drug-likeness (QED) is 0.853. The van der Waals surface area contributed by atoms with Crippen molar-refractivity contribution in [1.82, 2.24) is 5.32 Å². The van der Waals surface area contributed by atoms with Gasteiger partial charge in [-0.3, -0.25) is 0 Å². The Labute approximate surface area is 126 Å². The van der Waals surface area contributed by atoms with Crippen LogP contribution in [0.2, 0.25) is 5.02 Å². The average molecular weight is 298 g/mol. The first kappa shape index (κ1) is 15.5. The maximum absolute atomic E-state index is 6.35. The monoisotopic (exact) mass is 297 g/mol. The minimum atomic E-state index is 0.274. The molecule has 112 valence electrons. The van der Waals surface area contributed by atoms with E-state index in [9.17, 15) is 0 Å². The molecule has 3 nitrogen and oxygen atoms in total. The molecular formula is C16H24ClNO2. The maximum atomic E-state index is 6.35. The van der Waals surface area contributed by atoms with Gasteiger partial charge < -0.3 is 14.8 Å². The van der Waals surface area contributed by atoms with Crippen molar-refractivity contribution in [2.75, 3.05) is 21.3 Å². The van der Waals surface area contributed by atoms with Gasteiger partial charge in [-0.25, -0.2) is 0 Å². The minimum absolute atomic E-state index is 0.274. The maximum Gasteiger partial charge on any atom is 0.146 e. The van der Waals surface area contributed by atoms with Gasteiger partial charge >= 0.3 is 0 Å². The van der Waals surface area contributed by atoms with Gasteiger partial charge in [0.1, 0.15) is 16.5 Å². The van der Waals surface area contributed by atoms with Crippen LogP contribution in [-0.2, 0) is 0 Å². The second-order valence-electron chi connectivity index (χ2n) is 5.43. The van der Waals surface area contributed by atoms with Crippen molar-refractivity contribution in [1.29, 1.82) is 0 Å². The first-order chi connectivity index (χ1) is 9.71. The van der Waals surface area contributed by atoms with E-state index in [-0.39, 0.29) is 6.04 Å². The second kappa shape index (κ2) is 7.19. The second-order valence-corrected chi connectivity index (χ2v) is 5.81. The van der Waals surface area contributed by atoms with E-state index >= 15 is 0 Å². The number of hydrogen-bond donors (Lipinski definition) is 1. The molecular weight excluding hydrogens is 274 g/mol. The van der Waals surface area contributed by atoms with Gasteiger partial charge in [-0.05, 0) is 31.5 Å². The summed E-state index contributed by atoms with van der Waals surface area (Å²) in [7, 11) is 5.28. The van der Waals surface area contributed by atoms with E-state index in [1.54, 1.807) is 14.2 Å². The Morgan fingerprint density at radius 3 is 2.50 bits per heavy atom. The van der Waals surface area contributed by atoms with Crippen LogP contribution in [0.15, 0.2) is 12.1 Å². The van der Waals surface area contributed by atoms with E-state index in [2.05, 4.69) is 11.4 Å². The van der Waals surface area contributed by atoms with Gasteiger partial charge in [0.2, 0.25) is 0 Å². The summed E-state index contributed by atoms with van der Waals surface area (Å²) in [6.07, 6.45) is 6.54. The molecule has 0 aromatic heterocycles. The molecule has 1 aliphatic carbocycles. The van der Waals surface area contributed by atoms with Crippen LogP contribution in [-0.4, -0.2) is 21.3 Å². The molecule has 4 heteroatoms. The lowest BCUT2D eigenvalue weighted by Crippen LogP contribution is -2.20. The van der Waals surface area contributed by atoms with Crippen LogP contribution >= 0.6 is 11.6 Å². The Morgan fingerprint density at radius 2 is 1.95 bits per heavy atom. The molecule has 0 spiro atoms. The molecule has 1 saturated carbocycles. The lowest BCUT2D eigenvalue weighted by molar-refractivity contribution is 0.370. The molecule has 0 amide bonds. The molecule has 1 aliphatic rings. The lowest BCUT2D eigenvalue weighted by atomic mass is 9.93. The largest absolute Gasteiger partial charge is 0.495 e. The van der Waals surface area contributed by atoms with Crippen LogP contribution in [0.1, 0.15) is 43.7 Å². The smallest absolute Gasteiger partial charge is 0.146 e. The number of nitrogens with one attached hydrogen (secondary N) is 1. The van der Waals surface area contributed by atoms with Crippen LogP contribution < -0.4 is 14.8 Å².